The molecule has 1 saturated heterocycles. The third-order valence-corrected chi connectivity index (χ3v) is 7.44. The molecule has 7 nitrogen and oxygen atoms in total. The highest BCUT2D eigenvalue weighted by molar-refractivity contribution is 5.81. The molecule has 0 saturated carbocycles. The Balaban J connectivity index is 1.26. The van der Waals surface area contributed by atoms with Gasteiger partial charge >= 0.3 is 12.1 Å². The van der Waals surface area contributed by atoms with Crippen LogP contribution in [0.3, 0.4) is 0 Å². The fraction of sp³-hybridized carbons (Fsp3) is 0.444. The van der Waals surface area contributed by atoms with Crippen LogP contribution in [0.5, 0.6) is 0 Å². The van der Waals surface area contributed by atoms with Gasteiger partial charge in [0.25, 0.3) is 0 Å². The summed E-state index contributed by atoms with van der Waals surface area (Å²) >= 11 is 0. The molecule has 2 amide bonds. The minimum Gasteiger partial charge on any atom is -0.481 e. The SMILES string of the molecule is CC(CCC(=O)N1C[C@H](C)[C@@](C)(C(=O)O)C1)NC(=O)OCC1c2ccccc2-c2ccccc21. The first-order valence-electron chi connectivity index (χ1n) is 11.8. The molecule has 7 heteroatoms. The second-order valence-corrected chi connectivity index (χ2v) is 9.81. The molecule has 3 atom stereocenters. The van der Waals surface area contributed by atoms with Crippen molar-refractivity contribution < 1.29 is 24.2 Å². The Kier molecular flexibility index (Phi) is 6.64. The van der Waals surface area contributed by atoms with Crippen molar-refractivity contribution in [2.75, 3.05) is 19.7 Å². The number of hydrogen-bond acceptors (Lipinski definition) is 4. The van der Waals surface area contributed by atoms with Crippen LogP contribution >= 0.6 is 0 Å². The summed E-state index contributed by atoms with van der Waals surface area (Å²) in [7, 11) is 0. The van der Waals surface area contributed by atoms with E-state index in [4.69, 9.17) is 4.74 Å². The Morgan fingerprint density at radius 2 is 1.71 bits per heavy atom. The van der Waals surface area contributed by atoms with Gasteiger partial charge in [-0.2, -0.15) is 0 Å². The predicted octanol–water partition coefficient (Wildman–Crippen LogP) is 4.26. The number of benzene rings is 2. The van der Waals surface area contributed by atoms with Crippen molar-refractivity contribution in [3.05, 3.63) is 59.7 Å². The maximum absolute atomic E-state index is 12.6. The number of fused-ring (bicyclic) bond motifs is 3. The summed E-state index contributed by atoms with van der Waals surface area (Å²) in [6.07, 6.45) is 0.195. The van der Waals surface area contributed by atoms with E-state index in [1.165, 1.54) is 11.1 Å². The maximum atomic E-state index is 12.6. The number of nitrogens with zero attached hydrogens (tertiary/aromatic N) is 1. The minimum absolute atomic E-state index is 0.00395. The second-order valence-electron chi connectivity index (χ2n) is 9.81. The van der Waals surface area contributed by atoms with Crippen molar-refractivity contribution in [1.29, 1.82) is 0 Å². The summed E-state index contributed by atoms with van der Waals surface area (Å²) in [5.74, 6) is -1.07. The number of ether oxygens (including phenoxy) is 1. The number of nitrogens with one attached hydrogen (secondary N) is 1. The van der Waals surface area contributed by atoms with E-state index >= 15 is 0 Å². The summed E-state index contributed by atoms with van der Waals surface area (Å²) in [5.41, 5.74) is 3.75. The highest BCUT2D eigenvalue weighted by Gasteiger charge is 2.47. The zero-order valence-corrected chi connectivity index (χ0v) is 19.9. The van der Waals surface area contributed by atoms with Crippen LogP contribution in [0.1, 0.15) is 50.7 Å². The average Bonchev–Trinajstić information content (AvgIpc) is 3.31. The lowest BCUT2D eigenvalue weighted by Gasteiger charge is -2.22. The van der Waals surface area contributed by atoms with E-state index in [0.29, 0.717) is 13.0 Å². The molecule has 4 rings (SSSR count). The smallest absolute Gasteiger partial charge is 0.407 e. The molecule has 0 spiro atoms. The molecule has 1 fully saturated rings. The number of aliphatic carboxylic acids is 1. The molecule has 2 aromatic carbocycles. The van der Waals surface area contributed by atoms with Gasteiger partial charge in [-0.1, -0.05) is 55.5 Å². The molecule has 1 aliphatic heterocycles. The van der Waals surface area contributed by atoms with Crippen molar-refractivity contribution in [2.45, 2.75) is 45.6 Å². The molecule has 2 aliphatic rings. The van der Waals surface area contributed by atoms with Gasteiger partial charge in [-0.05, 0) is 48.4 Å². The lowest BCUT2D eigenvalue weighted by Crippen LogP contribution is -2.37. The number of amides is 2. The van der Waals surface area contributed by atoms with Gasteiger partial charge in [0.05, 0.1) is 5.41 Å². The normalized spacial score (nSPS) is 22.1. The van der Waals surface area contributed by atoms with E-state index in [1.807, 2.05) is 38.1 Å². The number of likely N-dealkylation sites (tertiary alicyclic amines) is 1. The molecule has 1 heterocycles. The maximum Gasteiger partial charge on any atom is 0.407 e. The molecule has 1 unspecified atom stereocenters. The largest absolute Gasteiger partial charge is 0.481 e. The van der Waals surface area contributed by atoms with Crippen LogP contribution in [-0.4, -0.2) is 53.7 Å². The Morgan fingerprint density at radius 1 is 1.12 bits per heavy atom. The van der Waals surface area contributed by atoms with Gasteiger partial charge in [-0.15, -0.1) is 0 Å². The van der Waals surface area contributed by atoms with E-state index in [9.17, 15) is 19.5 Å². The Labute approximate surface area is 200 Å². The average molecular weight is 465 g/mol. The van der Waals surface area contributed by atoms with E-state index in [-0.39, 0.29) is 43.4 Å². The third kappa shape index (κ3) is 4.52. The van der Waals surface area contributed by atoms with Gasteiger partial charge in [-0.3, -0.25) is 9.59 Å². The van der Waals surface area contributed by atoms with Crippen LogP contribution in [0.15, 0.2) is 48.5 Å². The predicted molar refractivity (Wildman–Crippen MR) is 128 cm³/mol. The molecule has 180 valence electrons. The van der Waals surface area contributed by atoms with Crippen LogP contribution in [0.2, 0.25) is 0 Å². The first-order valence-corrected chi connectivity index (χ1v) is 11.8. The number of alkyl carbamates (subject to hydrolysis) is 1. The summed E-state index contributed by atoms with van der Waals surface area (Å²) in [4.78, 5) is 38.3. The van der Waals surface area contributed by atoms with Gasteiger partial charge in [0.2, 0.25) is 5.91 Å². The van der Waals surface area contributed by atoms with Crippen LogP contribution in [0, 0.1) is 11.3 Å². The lowest BCUT2D eigenvalue weighted by atomic mass is 9.81. The molecule has 0 aromatic heterocycles. The van der Waals surface area contributed by atoms with Crippen molar-refractivity contribution in [3.8, 4) is 11.1 Å². The molecule has 0 radical (unpaired) electrons. The molecule has 2 N–H and O–H groups in total. The highest BCUT2D eigenvalue weighted by atomic mass is 16.5. The highest BCUT2D eigenvalue weighted by Crippen LogP contribution is 2.44. The van der Waals surface area contributed by atoms with Crippen molar-refractivity contribution in [3.63, 3.8) is 0 Å². The molecular formula is C27H32N2O5. The summed E-state index contributed by atoms with van der Waals surface area (Å²) in [6, 6.07) is 16.1. The molecule has 0 bridgehead atoms. The topological polar surface area (TPSA) is 95.9 Å². The number of carboxylic acid groups (broad SMARTS) is 1. The molecule has 34 heavy (non-hydrogen) atoms. The summed E-state index contributed by atoms with van der Waals surface area (Å²) in [6.45, 7) is 6.29. The van der Waals surface area contributed by atoms with Crippen LogP contribution in [0.4, 0.5) is 4.79 Å². The summed E-state index contributed by atoms with van der Waals surface area (Å²) < 4.78 is 5.57. The lowest BCUT2D eigenvalue weighted by molar-refractivity contribution is -0.149. The number of rotatable bonds is 7. The van der Waals surface area contributed by atoms with Crippen molar-refractivity contribution in [1.82, 2.24) is 10.2 Å². The van der Waals surface area contributed by atoms with Gasteiger partial charge in [-0.25, -0.2) is 4.79 Å². The van der Waals surface area contributed by atoms with Crippen LogP contribution in [-0.2, 0) is 14.3 Å². The number of carbonyl (C=O) groups is 3. The number of carboxylic acids is 1. The molecule has 2 aromatic rings. The first kappa shape index (κ1) is 23.8. The van der Waals surface area contributed by atoms with E-state index < -0.39 is 17.5 Å². The van der Waals surface area contributed by atoms with E-state index in [1.54, 1.807) is 11.8 Å². The number of carbonyl (C=O) groups excluding carboxylic acids is 2. The van der Waals surface area contributed by atoms with Crippen molar-refractivity contribution in [2.24, 2.45) is 11.3 Å². The first-order chi connectivity index (χ1) is 16.2. The number of hydrogen-bond donors (Lipinski definition) is 2. The quantitative estimate of drug-likeness (QED) is 0.638. The van der Waals surface area contributed by atoms with Gasteiger partial charge in [0, 0.05) is 31.5 Å². The molecular weight excluding hydrogens is 432 g/mol. The Bertz CT molecular complexity index is 1050. The third-order valence-electron chi connectivity index (χ3n) is 7.44. The zero-order valence-electron chi connectivity index (χ0n) is 19.9. The minimum atomic E-state index is -0.916. The Morgan fingerprint density at radius 3 is 2.26 bits per heavy atom. The Hall–Kier alpha value is -3.35. The zero-order chi connectivity index (χ0) is 24.5. The monoisotopic (exact) mass is 464 g/mol. The van der Waals surface area contributed by atoms with Crippen molar-refractivity contribution >= 4 is 18.0 Å². The fourth-order valence-electron chi connectivity index (χ4n) is 5.03. The van der Waals surface area contributed by atoms with E-state index in [2.05, 4.69) is 29.6 Å². The van der Waals surface area contributed by atoms with Gasteiger partial charge < -0.3 is 20.1 Å². The van der Waals surface area contributed by atoms with E-state index in [0.717, 1.165) is 11.1 Å². The molecule has 1 aliphatic carbocycles. The standard InChI is InChI=1S/C27H32N2O5/c1-17-14-29(16-27(17,3)25(31)32)24(30)13-12-18(2)28-26(33)34-15-23-21-10-6-4-8-19(21)20-9-5-7-11-22(20)23/h4-11,17-18,23H,12-16H2,1-3H3,(H,28,33)(H,31,32)/t17-,18?,27-/m0/s1. The summed E-state index contributed by atoms with van der Waals surface area (Å²) in [5, 5.41) is 12.3. The second kappa shape index (κ2) is 9.49. The van der Waals surface area contributed by atoms with Crippen LogP contribution in [0.25, 0.3) is 11.1 Å². The van der Waals surface area contributed by atoms with Gasteiger partial charge in [0.1, 0.15) is 6.61 Å². The fourth-order valence-corrected chi connectivity index (χ4v) is 5.03. The van der Waals surface area contributed by atoms with Crippen LogP contribution < -0.4 is 5.32 Å². The van der Waals surface area contributed by atoms with Gasteiger partial charge in [0.15, 0.2) is 0 Å².